The molecule has 1 amide bonds. The van der Waals surface area contributed by atoms with Crippen LogP contribution in [-0.4, -0.2) is 17.5 Å². The molecule has 0 radical (unpaired) electrons. The number of anilines is 2. The van der Waals surface area contributed by atoms with Gasteiger partial charge < -0.3 is 15.8 Å². The number of hydrogen-bond acceptors (Lipinski definition) is 4. The van der Waals surface area contributed by atoms with Gasteiger partial charge in [-0.2, -0.15) is 0 Å². The Morgan fingerprint density at radius 2 is 2.12 bits per heavy atom. The minimum absolute atomic E-state index is 0.0250. The summed E-state index contributed by atoms with van der Waals surface area (Å²) >= 11 is 0. The van der Waals surface area contributed by atoms with E-state index >= 15 is 0 Å². The number of aryl methyl sites for hydroxylation is 1. The number of benzene rings is 1. The molecule has 0 saturated carbocycles. The lowest BCUT2D eigenvalue weighted by Gasteiger charge is -2.11. The molecule has 0 aliphatic rings. The lowest BCUT2D eigenvalue weighted by molar-refractivity contribution is 0.102. The molecule has 0 aliphatic carbocycles. The number of allylic oxidation sites excluding steroid dienone is 1. The van der Waals surface area contributed by atoms with E-state index in [2.05, 4.69) is 10.3 Å². The third-order valence-electron chi connectivity index (χ3n) is 3.26. The Bertz CT molecular complexity index is 760. The topological polar surface area (TPSA) is 77.2 Å². The van der Waals surface area contributed by atoms with Crippen LogP contribution in [-0.2, 0) is 0 Å². The number of ether oxygens (including phenoxy) is 1. The van der Waals surface area contributed by atoms with E-state index in [9.17, 15) is 9.18 Å². The van der Waals surface area contributed by atoms with Crippen molar-refractivity contribution in [1.29, 1.82) is 0 Å². The van der Waals surface area contributed by atoms with Crippen LogP contribution in [0.5, 0.6) is 5.75 Å². The van der Waals surface area contributed by atoms with Crippen molar-refractivity contribution < 1.29 is 13.9 Å². The van der Waals surface area contributed by atoms with E-state index in [1.54, 1.807) is 25.1 Å². The first kappa shape index (κ1) is 17.5. The lowest BCUT2D eigenvalue weighted by Crippen LogP contribution is -2.16. The number of aromatic nitrogens is 1. The molecule has 0 unspecified atom stereocenters. The molecule has 0 atom stereocenters. The van der Waals surface area contributed by atoms with Crippen molar-refractivity contribution in [3.05, 3.63) is 59.6 Å². The third kappa shape index (κ3) is 4.32. The molecule has 1 heterocycles. The highest BCUT2D eigenvalue weighted by Gasteiger charge is 2.15. The van der Waals surface area contributed by atoms with Gasteiger partial charge in [0, 0.05) is 5.69 Å². The molecule has 0 saturated heterocycles. The Hall–Kier alpha value is -2.89. The number of nitrogen functional groups attached to an aromatic ring is 1. The highest BCUT2D eigenvalue weighted by molar-refractivity contribution is 6.07. The van der Waals surface area contributed by atoms with Gasteiger partial charge in [0.1, 0.15) is 12.4 Å². The van der Waals surface area contributed by atoms with Crippen LogP contribution in [0, 0.1) is 12.7 Å². The number of nitrogens with zero attached hydrogens (tertiary/aromatic N) is 1. The van der Waals surface area contributed by atoms with Crippen molar-refractivity contribution >= 4 is 17.4 Å². The normalized spacial score (nSPS) is 10.8. The molecule has 0 bridgehead atoms. The summed E-state index contributed by atoms with van der Waals surface area (Å²) in [5.74, 6) is -0.982. The van der Waals surface area contributed by atoms with E-state index in [0.717, 1.165) is 6.42 Å². The minimum Gasteiger partial charge on any atom is -0.486 e. The maximum Gasteiger partial charge on any atom is 0.259 e. The second kappa shape index (κ2) is 8.10. The zero-order valence-corrected chi connectivity index (χ0v) is 13.7. The smallest absolute Gasteiger partial charge is 0.259 e. The second-order valence-corrected chi connectivity index (χ2v) is 5.15. The number of hydrogen-bond donors (Lipinski definition) is 2. The molecule has 0 aliphatic heterocycles. The Kier molecular flexibility index (Phi) is 5.89. The van der Waals surface area contributed by atoms with Gasteiger partial charge in [0.15, 0.2) is 11.6 Å². The van der Waals surface area contributed by atoms with Gasteiger partial charge >= 0.3 is 0 Å². The quantitative estimate of drug-likeness (QED) is 0.792. The van der Waals surface area contributed by atoms with Gasteiger partial charge in [0.2, 0.25) is 0 Å². The molecule has 0 fully saturated rings. The first-order chi connectivity index (χ1) is 11.5. The number of nitrogens with two attached hydrogens (primary N) is 1. The fraction of sp³-hybridized carbons (Fsp3) is 0.222. The zero-order valence-electron chi connectivity index (χ0n) is 13.7. The van der Waals surface area contributed by atoms with Gasteiger partial charge in [-0.3, -0.25) is 4.79 Å². The molecule has 2 rings (SSSR count). The largest absolute Gasteiger partial charge is 0.486 e. The van der Waals surface area contributed by atoms with Crippen molar-refractivity contribution in [2.24, 2.45) is 0 Å². The highest BCUT2D eigenvalue weighted by Crippen LogP contribution is 2.25. The van der Waals surface area contributed by atoms with E-state index < -0.39 is 11.7 Å². The number of carbonyl (C=O) groups is 1. The summed E-state index contributed by atoms with van der Waals surface area (Å²) in [7, 11) is 0. The van der Waals surface area contributed by atoms with Crippen LogP contribution in [0.2, 0.25) is 0 Å². The summed E-state index contributed by atoms with van der Waals surface area (Å²) in [5.41, 5.74) is 6.66. The molecule has 24 heavy (non-hydrogen) atoms. The number of amides is 1. The van der Waals surface area contributed by atoms with E-state index in [4.69, 9.17) is 10.5 Å². The Morgan fingerprint density at radius 1 is 1.33 bits per heavy atom. The van der Waals surface area contributed by atoms with Crippen LogP contribution < -0.4 is 15.8 Å². The van der Waals surface area contributed by atoms with E-state index in [1.807, 2.05) is 19.1 Å². The SMILES string of the molecule is CCC=CCOc1cccc(NC(=O)c2ccc(C)nc2N)c1F. The number of pyridine rings is 1. The van der Waals surface area contributed by atoms with Gasteiger partial charge in [-0.1, -0.05) is 25.1 Å². The number of nitrogens with one attached hydrogen (secondary N) is 1. The molecule has 126 valence electrons. The number of halogens is 1. The molecule has 3 N–H and O–H groups in total. The fourth-order valence-electron chi connectivity index (χ4n) is 2.05. The summed E-state index contributed by atoms with van der Waals surface area (Å²) in [6.45, 7) is 4.03. The van der Waals surface area contributed by atoms with Crippen LogP contribution in [0.15, 0.2) is 42.5 Å². The monoisotopic (exact) mass is 329 g/mol. The first-order valence-electron chi connectivity index (χ1n) is 7.63. The third-order valence-corrected chi connectivity index (χ3v) is 3.26. The van der Waals surface area contributed by atoms with Crippen LogP contribution in [0.4, 0.5) is 15.9 Å². The Balaban J connectivity index is 2.14. The van der Waals surface area contributed by atoms with Gasteiger partial charge in [-0.05, 0) is 37.6 Å². The van der Waals surface area contributed by atoms with Gasteiger partial charge in [0.05, 0.1) is 11.3 Å². The van der Waals surface area contributed by atoms with Gasteiger partial charge in [0.25, 0.3) is 5.91 Å². The molecule has 5 nitrogen and oxygen atoms in total. The van der Waals surface area contributed by atoms with Crippen molar-refractivity contribution in [1.82, 2.24) is 4.98 Å². The molecule has 6 heteroatoms. The Labute approximate surface area is 140 Å². The minimum atomic E-state index is -0.630. The Morgan fingerprint density at radius 3 is 2.83 bits per heavy atom. The summed E-state index contributed by atoms with van der Waals surface area (Å²) in [6, 6.07) is 7.79. The van der Waals surface area contributed by atoms with Crippen LogP contribution in [0.1, 0.15) is 29.4 Å². The van der Waals surface area contributed by atoms with Crippen molar-refractivity contribution in [2.75, 3.05) is 17.7 Å². The fourth-order valence-corrected chi connectivity index (χ4v) is 2.05. The maximum absolute atomic E-state index is 14.4. The highest BCUT2D eigenvalue weighted by atomic mass is 19.1. The van der Waals surface area contributed by atoms with Crippen molar-refractivity contribution in [3.63, 3.8) is 0 Å². The van der Waals surface area contributed by atoms with E-state index in [-0.39, 0.29) is 29.4 Å². The average molecular weight is 329 g/mol. The van der Waals surface area contributed by atoms with Crippen LogP contribution >= 0.6 is 0 Å². The summed E-state index contributed by atoms with van der Waals surface area (Å²) in [4.78, 5) is 16.3. The van der Waals surface area contributed by atoms with E-state index in [0.29, 0.717) is 5.69 Å². The summed E-state index contributed by atoms with van der Waals surface area (Å²) in [5, 5.41) is 2.50. The van der Waals surface area contributed by atoms with Crippen molar-refractivity contribution in [2.45, 2.75) is 20.3 Å². The molecule has 2 aromatic rings. The lowest BCUT2D eigenvalue weighted by atomic mass is 10.2. The number of carbonyl (C=O) groups excluding carboxylic acids is 1. The first-order valence-corrected chi connectivity index (χ1v) is 7.63. The van der Waals surface area contributed by atoms with Crippen LogP contribution in [0.3, 0.4) is 0 Å². The summed E-state index contributed by atoms with van der Waals surface area (Å²) in [6.07, 6.45) is 4.62. The predicted octanol–water partition coefficient (Wildman–Crippen LogP) is 3.71. The zero-order chi connectivity index (χ0) is 17.5. The van der Waals surface area contributed by atoms with Crippen LogP contribution in [0.25, 0.3) is 0 Å². The van der Waals surface area contributed by atoms with E-state index in [1.165, 1.54) is 12.1 Å². The number of rotatable bonds is 6. The predicted molar refractivity (Wildman–Crippen MR) is 92.7 cm³/mol. The van der Waals surface area contributed by atoms with Gasteiger partial charge in [-0.15, -0.1) is 0 Å². The molecule has 1 aromatic carbocycles. The second-order valence-electron chi connectivity index (χ2n) is 5.15. The summed E-state index contributed by atoms with van der Waals surface area (Å²) < 4.78 is 19.8. The molecule has 1 aromatic heterocycles. The molecule has 0 spiro atoms. The molecular formula is C18H20FN3O2. The molecular weight excluding hydrogens is 309 g/mol. The maximum atomic E-state index is 14.4. The van der Waals surface area contributed by atoms with Gasteiger partial charge in [-0.25, -0.2) is 9.37 Å². The average Bonchev–Trinajstić information content (AvgIpc) is 2.54. The standard InChI is InChI=1S/C18H20FN3O2/c1-3-4-5-11-24-15-8-6-7-14(16(15)19)22-18(23)13-10-9-12(2)21-17(13)20/h4-10H,3,11H2,1-2H3,(H2,20,21)(H,22,23). The van der Waals surface area contributed by atoms with Crippen molar-refractivity contribution in [3.8, 4) is 5.75 Å².